The standard InChI is InChI=1S/C12H14ClF3N2/c13-9-1-2-11(12(14,15)16)8(5-9)6-18-4-3-10(17)7-18/h1-2,5,10H,3-4,6-7,17H2. The third kappa shape index (κ3) is 3.16. The van der Waals surface area contributed by atoms with Gasteiger partial charge in [-0.3, -0.25) is 4.90 Å². The van der Waals surface area contributed by atoms with Gasteiger partial charge in [0.2, 0.25) is 0 Å². The lowest BCUT2D eigenvalue weighted by Gasteiger charge is -2.19. The Morgan fingerprint density at radius 3 is 2.67 bits per heavy atom. The minimum absolute atomic E-state index is 0.0542. The molecule has 2 N–H and O–H groups in total. The first kappa shape index (κ1) is 13.6. The van der Waals surface area contributed by atoms with Gasteiger partial charge in [0.1, 0.15) is 0 Å². The van der Waals surface area contributed by atoms with Crippen LogP contribution in [0.25, 0.3) is 0 Å². The van der Waals surface area contributed by atoms with Crippen molar-refractivity contribution >= 4 is 11.6 Å². The quantitative estimate of drug-likeness (QED) is 0.901. The van der Waals surface area contributed by atoms with Gasteiger partial charge in [-0.25, -0.2) is 0 Å². The first-order valence-electron chi connectivity index (χ1n) is 5.70. The zero-order valence-electron chi connectivity index (χ0n) is 9.67. The van der Waals surface area contributed by atoms with Crippen molar-refractivity contribution in [2.45, 2.75) is 25.2 Å². The zero-order chi connectivity index (χ0) is 13.3. The topological polar surface area (TPSA) is 29.3 Å². The van der Waals surface area contributed by atoms with Crippen LogP contribution in [0.15, 0.2) is 18.2 Å². The molecule has 1 aliphatic heterocycles. The van der Waals surface area contributed by atoms with Crippen molar-refractivity contribution in [3.05, 3.63) is 34.3 Å². The highest BCUT2D eigenvalue weighted by Crippen LogP contribution is 2.34. The molecule has 1 unspecified atom stereocenters. The molecule has 0 aliphatic carbocycles. The summed E-state index contributed by atoms with van der Waals surface area (Å²) in [6.45, 7) is 1.60. The van der Waals surface area contributed by atoms with E-state index in [4.69, 9.17) is 17.3 Å². The molecule has 0 amide bonds. The van der Waals surface area contributed by atoms with Crippen LogP contribution in [0.3, 0.4) is 0 Å². The summed E-state index contributed by atoms with van der Waals surface area (Å²) in [5.74, 6) is 0. The molecule has 1 aromatic rings. The van der Waals surface area contributed by atoms with E-state index >= 15 is 0 Å². The number of nitrogens with two attached hydrogens (primary N) is 1. The monoisotopic (exact) mass is 278 g/mol. The number of halogens is 4. The van der Waals surface area contributed by atoms with E-state index in [-0.39, 0.29) is 18.2 Å². The Morgan fingerprint density at radius 2 is 2.11 bits per heavy atom. The molecule has 0 aromatic heterocycles. The van der Waals surface area contributed by atoms with Gasteiger partial charge >= 0.3 is 6.18 Å². The first-order valence-corrected chi connectivity index (χ1v) is 6.07. The zero-order valence-corrected chi connectivity index (χ0v) is 10.4. The molecule has 100 valence electrons. The van der Waals surface area contributed by atoms with E-state index < -0.39 is 11.7 Å². The molecule has 1 fully saturated rings. The van der Waals surface area contributed by atoms with Gasteiger partial charge < -0.3 is 5.73 Å². The van der Waals surface area contributed by atoms with Crippen LogP contribution in [0.2, 0.25) is 5.02 Å². The molecule has 0 spiro atoms. The lowest BCUT2D eigenvalue weighted by Crippen LogP contribution is -2.27. The van der Waals surface area contributed by atoms with Gasteiger partial charge in [-0.05, 0) is 30.2 Å². The van der Waals surface area contributed by atoms with Gasteiger partial charge in [0.25, 0.3) is 0 Å². The van der Waals surface area contributed by atoms with E-state index in [1.165, 1.54) is 12.1 Å². The Bertz CT molecular complexity index is 434. The number of likely N-dealkylation sites (tertiary alicyclic amines) is 1. The minimum atomic E-state index is -4.35. The molecule has 1 aliphatic rings. The molecule has 0 saturated carbocycles. The molecule has 1 atom stereocenters. The largest absolute Gasteiger partial charge is 0.416 e. The Hall–Kier alpha value is -0.780. The van der Waals surface area contributed by atoms with Gasteiger partial charge in [0, 0.05) is 30.7 Å². The molecule has 1 aromatic carbocycles. The van der Waals surface area contributed by atoms with Gasteiger partial charge in [-0.15, -0.1) is 0 Å². The van der Waals surface area contributed by atoms with Crippen molar-refractivity contribution in [2.24, 2.45) is 5.73 Å². The Balaban J connectivity index is 2.23. The van der Waals surface area contributed by atoms with Crippen LogP contribution in [-0.4, -0.2) is 24.0 Å². The van der Waals surface area contributed by atoms with E-state index in [9.17, 15) is 13.2 Å². The van der Waals surface area contributed by atoms with Crippen molar-refractivity contribution in [3.63, 3.8) is 0 Å². The summed E-state index contributed by atoms with van der Waals surface area (Å²) in [6.07, 6.45) is -3.52. The molecule has 0 bridgehead atoms. The molecule has 0 radical (unpaired) electrons. The van der Waals surface area contributed by atoms with Crippen molar-refractivity contribution in [1.82, 2.24) is 4.90 Å². The summed E-state index contributed by atoms with van der Waals surface area (Å²) in [7, 11) is 0. The maximum absolute atomic E-state index is 12.8. The number of nitrogens with zero attached hydrogens (tertiary/aromatic N) is 1. The fourth-order valence-corrected chi connectivity index (χ4v) is 2.41. The maximum atomic E-state index is 12.8. The van der Waals surface area contributed by atoms with Crippen molar-refractivity contribution in [1.29, 1.82) is 0 Å². The van der Waals surface area contributed by atoms with E-state index in [1.807, 2.05) is 4.90 Å². The molecule has 1 saturated heterocycles. The highest BCUT2D eigenvalue weighted by Gasteiger charge is 2.34. The second kappa shape index (κ2) is 5.07. The van der Waals surface area contributed by atoms with Gasteiger partial charge in [-0.1, -0.05) is 11.6 Å². The predicted octanol–water partition coefficient (Wildman–Crippen LogP) is 2.89. The van der Waals surface area contributed by atoms with Crippen LogP contribution in [-0.2, 0) is 12.7 Å². The molecular weight excluding hydrogens is 265 g/mol. The van der Waals surface area contributed by atoms with Crippen LogP contribution in [0, 0.1) is 0 Å². The van der Waals surface area contributed by atoms with Crippen LogP contribution < -0.4 is 5.73 Å². The van der Waals surface area contributed by atoms with E-state index in [0.29, 0.717) is 11.6 Å². The molecule has 18 heavy (non-hydrogen) atoms. The minimum Gasteiger partial charge on any atom is -0.326 e. The summed E-state index contributed by atoms with van der Waals surface area (Å²) < 4.78 is 38.5. The van der Waals surface area contributed by atoms with Crippen molar-refractivity contribution < 1.29 is 13.2 Å². The summed E-state index contributed by atoms with van der Waals surface area (Å²) in [5, 5.41) is 0.321. The van der Waals surface area contributed by atoms with Crippen LogP contribution in [0.4, 0.5) is 13.2 Å². The Morgan fingerprint density at radius 1 is 1.39 bits per heavy atom. The van der Waals surface area contributed by atoms with Crippen molar-refractivity contribution in [2.75, 3.05) is 13.1 Å². The summed E-state index contributed by atoms with van der Waals surface area (Å²) >= 11 is 5.77. The second-order valence-electron chi connectivity index (χ2n) is 4.58. The Labute approximate surface area is 109 Å². The normalized spacial score (nSPS) is 21.5. The predicted molar refractivity (Wildman–Crippen MR) is 64.3 cm³/mol. The number of benzene rings is 1. The molecule has 2 nitrogen and oxygen atoms in total. The number of alkyl halides is 3. The average molecular weight is 279 g/mol. The van der Waals surface area contributed by atoms with E-state index in [0.717, 1.165) is 19.0 Å². The summed E-state index contributed by atoms with van der Waals surface area (Å²) in [5.41, 5.74) is 5.34. The van der Waals surface area contributed by atoms with E-state index in [2.05, 4.69) is 0 Å². The summed E-state index contributed by atoms with van der Waals surface area (Å²) in [6, 6.07) is 3.74. The number of rotatable bonds is 2. The molecule has 2 rings (SSSR count). The Kier molecular flexibility index (Phi) is 3.84. The highest BCUT2D eigenvalue weighted by atomic mass is 35.5. The lowest BCUT2D eigenvalue weighted by molar-refractivity contribution is -0.138. The van der Waals surface area contributed by atoms with E-state index in [1.54, 1.807) is 0 Å². The fraction of sp³-hybridized carbons (Fsp3) is 0.500. The SMILES string of the molecule is NC1CCN(Cc2cc(Cl)ccc2C(F)(F)F)C1. The smallest absolute Gasteiger partial charge is 0.326 e. The van der Waals surface area contributed by atoms with Gasteiger partial charge in [-0.2, -0.15) is 13.2 Å². The third-order valence-corrected chi connectivity index (χ3v) is 3.31. The van der Waals surface area contributed by atoms with Crippen molar-refractivity contribution in [3.8, 4) is 0 Å². The van der Waals surface area contributed by atoms with Crippen LogP contribution >= 0.6 is 11.6 Å². The summed E-state index contributed by atoms with van der Waals surface area (Å²) in [4.78, 5) is 1.92. The average Bonchev–Trinajstić information content (AvgIpc) is 2.62. The van der Waals surface area contributed by atoms with Gasteiger partial charge in [0.15, 0.2) is 0 Å². The molecule has 1 heterocycles. The molecule has 6 heteroatoms. The third-order valence-electron chi connectivity index (χ3n) is 3.08. The van der Waals surface area contributed by atoms with Crippen LogP contribution in [0.1, 0.15) is 17.5 Å². The lowest BCUT2D eigenvalue weighted by atomic mass is 10.1. The number of hydrogen-bond donors (Lipinski definition) is 1. The van der Waals surface area contributed by atoms with Gasteiger partial charge in [0.05, 0.1) is 5.56 Å². The number of hydrogen-bond acceptors (Lipinski definition) is 2. The van der Waals surface area contributed by atoms with Crippen LogP contribution in [0.5, 0.6) is 0 Å². The highest BCUT2D eigenvalue weighted by molar-refractivity contribution is 6.30. The fourth-order valence-electron chi connectivity index (χ4n) is 2.22. The maximum Gasteiger partial charge on any atom is 0.416 e. The second-order valence-corrected chi connectivity index (χ2v) is 5.02. The first-order chi connectivity index (χ1) is 8.36. The molecular formula is C12H14ClF3N2.